The number of imide groups is 2. The summed E-state index contributed by atoms with van der Waals surface area (Å²) in [4.78, 5) is 52.2. The van der Waals surface area contributed by atoms with Crippen LogP contribution in [0.3, 0.4) is 0 Å². The van der Waals surface area contributed by atoms with E-state index >= 15 is 0 Å². The van der Waals surface area contributed by atoms with E-state index in [1.807, 2.05) is 6.92 Å². The maximum Gasteiger partial charge on any atom is 0.335 e. The van der Waals surface area contributed by atoms with Crippen LogP contribution in [0.1, 0.15) is 25.8 Å². The largest absolute Gasteiger partial charge is 0.490 e. The number of hydrogen-bond acceptors (Lipinski definition) is 7. The lowest BCUT2D eigenvalue weighted by Crippen LogP contribution is -2.54. The van der Waals surface area contributed by atoms with Crippen LogP contribution in [-0.2, 0) is 14.4 Å². The van der Waals surface area contributed by atoms with Crippen LogP contribution in [0.4, 0.5) is 16.2 Å². The van der Waals surface area contributed by atoms with Gasteiger partial charge in [0.05, 0.1) is 27.8 Å². The Balaban J connectivity index is 1.54. The van der Waals surface area contributed by atoms with Crippen LogP contribution >= 0.6 is 43.5 Å². The third-order valence-corrected chi connectivity index (χ3v) is 7.29. The molecule has 0 radical (unpaired) electrons. The van der Waals surface area contributed by atoms with Gasteiger partial charge in [-0.25, -0.2) is 9.69 Å². The van der Waals surface area contributed by atoms with E-state index in [0.29, 0.717) is 55.7 Å². The van der Waals surface area contributed by atoms with Crippen LogP contribution in [0.5, 0.6) is 17.2 Å². The van der Waals surface area contributed by atoms with Crippen molar-refractivity contribution in [3.05, 3.63) is 79.7 Å². The molecular weight excluding hydrogens is 710 g/mol. The summed E-state index contributed by atoms with van der Waals surface area (Å²) in [5.74, 6) is -0.877. The number of hydrogen-bond donors (Lipinski definition) is 2. The molecular formula is C30H26Br2ClN3O7. The first-order valence-electron chi connectivity index (χ1n) is 13.1. The monoisotopic (exact) mass is 733 g/mol. The molecule has 1 heterocycles. The fourth-order valence-electron chi connectivity index (χ4n) is 3.96. The molecule has 0 unspecified atom stereocenters. The fourth-order valence-corrected chi connectivity index (χ4v) is 5.54. The molecule has 43 heavy (non-hydrogen) atoms. The second kappa shape index (κ2) is 14.5. The predicted molar refractivity (Wildman–Crippen MR) is 170 cm³/mol. The van der Waals surface area contributed by atoms with E-state index in [9.17, 15) is 19.2 Å². The Morgan fingerprint density at radius 3 is 2.30 bits per heavy atom. The maximum absolute atomic E-state index is 13.5. The van der Waals surface area contributed by atoms with Crippen molar-refractivity contribution in [2.45, 2.75) is 20.3 Å². The van der Waals surface area contributed by atoms with Gasteiger partial charge in [-0.3, -0.25) is 19.7 Å². The zero-order valence-electron chi connectivity index (χ0n) is 23.0. The molecule has 5 amide bonds. The SMILES string of the molecule is CCCOc1ccc(N2C(=O)NC(=O)/C(=C\c3cc(Br)c(OCC(=O)Nc4ccc(Cl)cc4)c(Br)c3)C2=O)cc1OCC. The lowest BCUT2D eigenvalue weighted by atomic mass is 10.1. The Labute approximate surface area is 269 Å². The number of amides is 5. The highest BCUT2D eigenvalue weighted by molar-refractivity contribution is 9.11. The number of nitrogens with zero attached hydrogens (tertiary/aromatic N) is 1. The van der Waals surface area contributed by atoms with E-state index < -0.39 is 17.8 Å². The van der Waals surface area contributed by atoms with Gasteiger partial charge in [0.1, 0.15) is 11.3 Å². The number of benzene rings is 3. The summed E-state index contributed by atoms with van der Waals surface area (Å²) in [5.41, 5.74) is 0.952. The number of carbonyl (C=O) groups is 4. The Morgan fingerprint density at radius 2 is 1.65 bits per heavy atom. The molecule has 1 fully saturated rings. The second-order valence-electron chi connectivity index (χ2n) is 9.03. The van der Waals surface area contributed by atoms with Crippen LogP contribution in [-0.4, -0.2) is 43.6 Å². The number of halogens is 3. The first-order valence-corrected chi connectivity index (χ1v) is 15.1. The van der Waals surface area contributed by atoms with Gasteiger partial charge in [-0.1, -0.05) is 18.5 Å². The van der Waals surface area contributed by atoms with Gasteiger partial charge < -0.3 is 19.5 Å². The summed E-state index contributed by atoms with van der Waals surface area (Å²) in [7, 11) is 0. The van der Waals surface area contributed by atoms with Crippen molar-refractivity contribution >= 4 is 84.7 Å². The molecule has 2 N–H and O–H groups in total. The number of rotatable bonds is 11. The third-order valence-electron chi connectivity index (χ3n) is 5.86. The zero-order valence-corrected chi connectivity index (χ0v) is 27.0. The molecule has 1 aliphatic rings. The van der Waals surface area contributed by atoms with Crippen LogP contribution < -0.4 is 29.7 Å². The smallest absolute Gasteiger partial charge is 0.335 e. The van der Waals surface area contributed by atoms with E-state index in [4.69, 9.17) is 25.8 Å². The van der Waals surface area contributed by atoms with Crippen LogP contribution in [0.15, 0.2) is 69.1 Å². The van der Waals surface area contributed by atoms with Crippen molar-refractivity contribution < 1.29 is 33.4 Å². The van der Waals surface area contributed by atoms with Crippen molar-refractivity contribution in [3.8, 4) is 17.2 Å². The van der Waals surface area contributed by atoms with Crippen molar-refractivity contribution in [2.24, 2.45) is 0 Å². The molecule has 4 rings (SSSR count). The van der Waals surface area contributed by atoms with Crippen LogP contribution in [0.25, 0.3) is 6.08 Å². The zero-order chi connectivity index (χ0) is 31.1. The molecule has 0 atom stereocenters. The maximum atomic E-state index is 13.5. The summed E-state index contributed by atoms with van der Waals surface area (Å²) in [6.07, 6.45) is 2.14. The van der Waals surface area contributed by atoms with Gasteiger partial charge in [0, 0.05) is 16.8 Å². The molecule has 3 aromatic carbocycles. The van der Waals surface area contributed by atoms with Crippen molar-refractivity contribution in [1.29, 1.82) is 0 Å². The topological polar surface area (TPSA) is 123 Å². The van der Waals surface area contributed by atoms with Gasteiger partial charge in [0.25, 0.3) is 17.7 Å². The minimum absolute atomic E-state index is 0.205. The number of carbonyl (C=O) groups excluding carboxylic acids is 4. The van der Waals surface area contributed by atoms with Crippen LogP contribution in [0, 0.1) is 0 Å². The predicted octanol–water partition coefficient (Wildman–Crippen LogP) is 6.74. The summed E-state index contributed by atoms with van der Waals surface area (Å²) in [5, 5.41) is 5.47. The highest BCUT2D eigenvalue weighted by atomic mass is 79.9. The number of urea groups is 1. The average molecular weight is 736 g/mol. The Hall–Kier alpha value is -3.87. The highest BCUT2D eigenvalue weighted by Gasteiger charge is 2.37. The van der Waals surface area contributed by atoms with E-state index in [1.54, 1.807) is 55.5 Å². The lowest BCUT2D eigenvalue weighted by molar-refractivity contribution is -0.122. The minimum Gasteiger partial charge on any atom is -0.490 e. The lowest BCUT2D eigenvalue weighted by Gasteiger charge is -2.27. The normalized spacial score (nSPS) is 14.0. The molecule has 13 heteroatoms. The minimum atomic E-state index is -0.889. The van der Waals surface area contributed by atoms with Crippen molar-refractivity contribution in [3.63, 3.8) is 0 Å². The Bertz CT molecular complexity index is 1570. The molecule has 0 aromatic heterocycles. The van der Waals surface area contributed by atoms with Gasteiger partial charge in [0.15, 0.2) is 18.1 Å². The van der Waals surface area contributed by atoms with Gasteiger partial charge in [0.2, 0.25) is 0 Å². The van der Waals surface area contributed by atoms with Crippen LogP contribution in [0.2, 0.25) is 5.02 Å². The van der Waals surface area contributed by atoms with Gasteiger partial charge in [-0.15, -0.1) is 0 Å². The van der Waals surface area contributed by atoms with Gasteiger partial charge >= 0.3 is 6.03 Å². The summed E-state index contributed by atoms with van der Waals surface area (Å²) >= 11 is 12.7. The van der Waals surface area contributed by atoms with E-state index in [-0.39, 0.29) is 23.8 Å². The second-order valence-corrected chi connectivity index (χ2v) is 11.2. The molecule has 0 saturated carbocycles. The number of barbiturate groups is 1. The van der Waals surface area contributed by atoms with Gasteiger partial charge in [-0.2, -0.15) is 0 Å². The quantitative estimate of drug-likeness (QED) is 0.165. The molecule has 10 nitrogen and oxygen atoms in total. The molecule has 1 aliphatic heterocycles. The van der Waals surface area contributed by atoms with Crippen molar-refractivity contribution in [1.82, 2.24) is 5.32 Å². The number of ether oxygens (including phenoxy) is 3. The van der Waals surface area contributed by atoms with Gasteiger partial charge in [-0.05, 0) is 105 Å². The van der Waals surface area contributed by atoms with E-state index in [2.05, 4.69) is 42.5 Å². The number of nitrogens with one attached hydrogen (secondary N) is 2. The molecule has 1 saturated heterocycles. The average Bonchev–Trinajstić information content (AvgIpc) is 2.95. The fraction of sp³-hybridized carbons (Fsp3) is 0.200. The Morgan fingerprint density at radius 1 is 0.953 bits per heavy atom. The standard InChI is InChI=1S/C30H26Br2ClN3O7/c1-3-11-42-24-10-9-20(15-25(24)41-4-2)36-29(39)21(28(38)35-30(36)40)12-17-13-22(31)27(23(32)14-17)43-16-26(37)34-19-7-5-18(33)6-8-19/h5-10,12-15H,3-4,11,16H2,1-2H3,(H,34,37)(H,35,38,40)/b21-12+. The van der Waals surface area contributed by atoms with E-state index in [1.165, 1.54) is 12.1 Å². The highest BCUT2D eigenvalue weighted by Crippen LogP contribution is 2.37. The molecule has 0 bridgehead atoms. The Kier molecular flexibility index (Phi) is 10.8. The summed E-state index contributed by atoms with van der Waals surface area (Å²) in [6.45, 7) is 4.29. The summed E-state index contributed by atoms with van der Waals surface area (Å²) in [6, 6.07) is 13.6. The molecule has 224 valence electrons. The number of anilines is 2. The molecule has 0 spiro atoms. The summed E-state index contributed by atoms with van der Waals surface area (Å²) < 4.78 is 18.0. The van der Waals surface area contributed by atoms with Crippen molar-refractivity contribution in [2.75, 3.05) is 30.0 Å². The third kappa shape index (κ3) is 7.95. The first-order chi connectivity index (χ1) is 20.6. The van der Waals surface area contributed by atoms with E-state index in [0.717, 1.165) is 11.3 Å². The first kappa shape index (κ1) is 32.1. The molecule has 3 aromatic rings. The molecule has 0 aliphatic carbocycles.